The summed E-state index contributed by atoms with van der Waals surface area (Å²) in [5.74, 6) is -1.34. The molecule has 13 heteroatoms. The first-order valence-electron chi connectivity index (χ1n) is 9.34. The molecule has 1 atom stereocenters. The number of benzene rings is 1. The van der Waals surface area contributed by atoms with Gasteiger partial charge in [-0.25, -0.2) is 13.3 Å². The predicted octanol–water partition coefficient (Wildman–Crippen LogP) is 1.83. The molecule has 1 aromatic carbocycles. The Labute approximate surface area is 187 Å². The van der Waals surface area contributed by atoms with Gasteiger partial charge in [0.2, 0.25) is 16.9 Å². The van der Waals surface area contributed by atoms with E-state index in [4.69, 9.17) is 4.74 Å². The molecule has 1 unspecified atom stereocenters. The van der Waals surface area contributed by atoms with Gasteiger partial charge in [-0.2, -0.15) is 0 Å². The van der Waals surface area contributed by atoms with E-state index in [0.29, 0.717) is 11.4 Å². The van der Waals surface area contributed by atoms with E-state index in [0.717, 1.165) is 28.0 Å². The molecule has 1 fully saturated rings. The quantitative estimate of drug-likeness (QED) is 0.417. The van der Waals surface area contributed by atoms with E-state index in [1.165, 1.54) is 24.3 Å². The van der Waals surface area contributed by atoms with Crippen LogP contribution in [0.25, 0.3) is 0 Å². The van der Waals surface area contributed by atoms with Crippen molar-refractivity contribution in [1.29, 1.82) is 0 Å². The summed E-state index contributed by atoms with van der Waals surface area (Å²) >= 11 is 2.19. The lowest BCUT2D eigenvalue weighted by Crippen LogP contribution is -2.31. The van der Waals surface area contributed by atoms with Crippen LogP contribution in [0.1, 0.15) is 25.3 Å². The van der Waals surface area contributed by atoms with Crippen molar-refractivity contribution in [3.05, 3.63) is 29.3 Å². The number of imide groups is 1. The Kier molecular flexibility index (Phi) is 7.28. The minimum Gasteiger partial charge on any atom is -0.465 e. The van der Waals surface area contributed by atoms with Crippen LogP contribution in [0.15, 0.2) is 29.2 Å². The summed E-state index contributed by atoms with van der Waals surface area (Å²) in [6.45, 7) is 3.81. The van der Waals surface area contributed by atoms with Crippen molar-refractivity contribution < 1.29 is 27.5 Å². The zero-order chi connectivity index (χ0) is 22.6. The Morgan fingerprint density at radius 2 is 1.97 bits per heavy atom. The Bertz CT molecular complexity index is 1080. The molecule has 1 aromatic heterocycles. The first-order chi connectivity index (χ1) is 14.7. The Morgan fingerprint density at radius 1 is 1.26 bits per heavy atom. The first-order valence-corrected chi connectivity index (χ1v) is 12.7. The number of rotatable bonds is 9. The number of carbonyl (C=O) groups excluding carboxylic acids is 3. The third-order valence-corrected chi connectivity index (χ3v) is 7.85. The molecule has 2 amide bonds. The molecular formula is C18H20N4O6S3. The fraction of sp³-hybridized carbons (Fsp3) is 0.389. The number of sulfonamides is 1. The van der Waals surface area contributed by atoms with Crippen molar-refractivity contribution in [2.75, 3.05) is 22.0 Å². The van der Waals surface area contributed by atoms with Gasteiger partial charge in [0, 0.05) is 6.42 Å². The summed E-state index contributed by atoms with van der Waals surface area (Å²) in [5.41, 5.74) is 0.261. The van der Waals surface area contributed by atoms with Gasteiger partial charge >= 0.3 is 5.97 Å². The van der Waals surface area contributed by atoms with Crippen molar-refractivity contribution >= 4 is 61.7 Å². The minimum absolute atomic E-state index is 0.0282. The molecule has 1 aliphatic heterocycles. The average Bonchev–Trinajstić information content (AvgIpc) is 3.29. The molecule has 3 rings (SSSR count). The van der Waals surface area contributed by atoms with Crippen molar-refractivity contribution in [3.8, 4) is 0 Å². The molecule has 10 nitrogen and oxygen atoms in total. The summed E-state index contributed by atoms with van der Waals surface area (Å²) in [6.07, 6.45) is 0.604. The number of nitrogens with one attached hydrogen (secondary N) is 1. The molecule has 0 saturated carbocycles. The van der Waals surface area contributed by atoms with Gasteiger partial charge in [-0.15, -0.1) is 22.0 Å². The predicted molar refractivity (Wildman–Crippen MR) is 117 cm³/mol. The Balaban J connectivity index is 1.69. The number of hydrogen-bond acceptors (Lipinski definition) is 10. The van der Waals surface area contributed by atoms with Gasteiger partial charge in [0.05, 0.1) is 28.2 Å². The number of aromatic nitrogens is 2. The largest absolute Gasteiger partial charge is 0.465 e. The molecule has 2 heterocycles. The fourth-order valence-electron chi connectivity index (χ4n) is 2.76. The molecule has 2 aromatic rings. The lowest BCUT2D eigenvalue weighted by atomic mass is 10.3. The number of thioether (sulfide) groups is 1. The van der Waals surface area contributed by atoms with E-state index >= 15 is 0 Å². The summed E-state index contributed by atoms with van der Waals surface area (Å²) in [5, 5.41) is 7.84. The first kappa shape index (κ1) is 23.2. The highest BCUT2D eigenvalue weighted by Gasteiger charge is 2.40. The number of amides is 2. The van der Waals surface area contributed by atoms with E-state index in [2.05, 4.69) is 14.9 Å². The molecule has 31 heavy (non-hydrogen) atoms. The van der Waals surface area contributed by atoms with E-state index in [1.54, 1.807) is 6.92 Å². The summed E-state index contributed by atoms with van der Waals surface area (Å²) < 4.78 is 32.3. The third-order valence-electron chi connectivity index (χ3n) is 4.21. The molecule has 1 N–H and O–H groups in total. The molecular weight excluding hydrogens is 464 g/mol. The number of ether oxygens (including phenoxy) is 1. The standard InChI is InChI=1S/C18H20N4O6S3/c1-3-14-19-20-18(30-14)21-31(26,27)12-7-5-11(6-8-12)22-15(23)9-13(17(22)25)29-10-16(24)28-4-2/h5-8,13H,3-4,9-10H2,1-2H3,(H,20,21). The van der Waals surface area contributed by atoms with Gasteiger partial charge in [0.25, 0.3) is 10.0 Å². The number of hydrogen-bond donors (Lipinski definition) is 1. The molecule has 1 aliphatic rings. The Hall–Kier alpha value is -2.51. The summed E-state index contributed by atoms with van der Waals surface area (Å²) in [7, 11) is -3.90. The number of esters is 1. The van der Waals surface area contributed by atoms with Crippen LogP contribution in [-0.2, 0) is 35.6 Å². The van der Waals surface area contributed by atoms with Crippen molar-refractivity contribution in [2.45, 2.75) is 36.8 Å². The molecule has 0 bridgehead atoms. The van der Waals surface area contributed by atoms with Crippen LogP contribution in [0, 0.1) is 0 Å². The fourth-order valence-corrected chi connectivity index (χ4v) is 5.60. The molecule has 0 spiro atoms. The van der Waals surface area contributed by atoms with Gasteiger partial charge in [0.1, 0.15) is 5.01 Å². The number of carbonyl (C=O) groups is 3. The van der Waals surface area contributed by atoms with E-state index < -0.39 is 33.1 Å². The Morgan fingerprint density at radius 3 is 2.58 bits per heavy atom. The van der Waals surface area contributed by atoms with Crippen molar-refractivity contribution in [3.63, 3.8) is 0 Å². The second-order valence-electron chi connectivity index (χ2n) is 6.33. The van der Waals surface area contributed by atoms with Crippen LogP contribution in [0.4, 0.5) is 10.8 Å². The lowest BCUT2D eigenvalue weighted by molar-refractivity contribution is -0.139. The summed E-state index contributed by atoms with van der Waals surface area (Å²) in [4.78, 5) is 37.4. The van der Waals surface area contributed by atoms with Crippen molar-refractivity contribution in [1.82, 2.24) is 10.2 Å². The highest BCUT2D eigenvalue weighted by Crippen LogP contribution is 2.30. The van der Waals surface area contributed by atoms with Crippen LogP contribution < -0.4 is 9.62 Å². The smallest absolute Gasteiger partial charge is 0.315 e. The molecule has 1 saturated heterocycles. The van der Waals surface area contributed by atoms with Crippen LogP contribution in [0.5, 0.6) is 0 Å². The maximum Gasteiger partial charge on any atom is 0.315 e. The normalized spacial score (nSPS) is 16.6. The monoisotopic (exact) mass is 484 g/mol. The van der Waals surface area contributed by atoms with Crippen LogP contribution in [0.3, 0.4) is 0 Å². The van der Waals surface area contributed by atoms with E-state index in [1.807, 2.05) is 6.92 Å². The maximum absolute atomic E-state index is 12.6. The number of nitrogens with zero attached hydrogens (tertiary/aromatic N) is 3. The molecule has 0 radical (unpaired) electrons. The van der Waals surface area contributed by atoms with Crippen LogP contribution in [-0.4, -0.2) is 54.0 Å². The molecule has 166 valence electrons. The lowest BCUT2D eigenvalue weighted by Gasteiger charge is -2.15. The average molecular weight is 485 g/mol. The van der Waals surface area contributed by atoms with Crippen LogP contribution >= 0.6 is 23.1 Å². The van der Waals surface area contributed by atoms with E-state index in [-0.39, 0.29) is 34.5 Å². The van der Waals surface area contributed by atoms with Crippen molar-refractivity contribution in [2.24, 2.45) is 0 Å². The van der Waals surface area contributed by atoms with Gasteiger partial charge in [-0.05, 0) is 37.6 Å². The number of aryl methyl sites for hydroxylation is 1. The molecule has 0 aliphatic carbocycles. The summed E-state index contributed by atoms with van der Waals surface area (Å²) in [6, 6.07) is 5.39. The van der Waals surface area contributed by atoms with E-state index in [9.17, 15) is 22.8 Å². The SMILES string of the molecule is CCOC(=O)CSC1CC(=O)N(c2ccc(S(=O)(=O)Nc3nnc(CC)s3)cc2)C1=O. The highest BCUT2D eigenvalue weighted by molar-refractivity contribution is 8.01. The zero-order valence-electron chi connectivity index (χ0n) is 16.7. The van der Waals surface area contributed by atoms with Gasteiger partial charge < -0.3 is 4.74 Å². The second-order valence-corrected chi connectivity index (χ2v) is 10.3. The third kappa shape index (κ3) is 5.40. The topological polar surface area (TPSA) is 136 Å². The number of anilines is 2. The zero-order valence-corrected chi connectivity index (χ0v) is 19.2. The van der Waals surface area contributed by atoms with Gasteiger partial charge in [0.15, 0.2) is 0 Å². The van der Waals surface area contributed by atoms with Gasteiger partial charge in [-0.1, -0.05) is 18.3 Å². The maximum atomic E-state index is 12.6. The minimum atomic E-state index is -3.90. The second kappa shape index (κ2) is 9.75. The highest BCUT2D eigenvalue weighted by atomic mass is 32.2. The van der Waals surface area contributed by atoms with Gasteiger partial charge in [-0.3, -0.25) is 19.1 Å². The van der Waals surface area contributed by atoms with Crippen LogP contribution in [0.2, 0.25) is 0 Å².